The Morgan fingerprint density at radius 2 is 1.75 bits per heavy atom. The zero-order chi connectivity index (χ0) is 34.6. The number of primary amides is 1. The Bertz CT molecular complexity index is 1590. The molecule has 2 heterocycles. The molecular formula is C34H44N8O6. The first-order valence-corrected chi connectivity index (χ1v) is 16.1. The molecule has 14 nitrogen and oxygen atoms in total. The first kappa shape index (κ1) is 35.6. The van der Waals surface area contributed by atoms with Crippen molar-refractivity contribution < 1.29 is 28.7 Å². The summed E-state index contributed by atoms with van der Waals surface area (Å²) in [5.74, 6) is -0.834. The summed E-state index contributed by atoms with van der Waals surface area (Å²) in [6, 6.07) is 14.4. The highest BCUT2D eigenvalue weighted by atomic mass is 16.5. The Morgan fingerprint density at radius 3 is 2.48 bits per heavy atom. The summed E-state index contributed by atoms with van der Waals surface area (Å²) < 4.78 is 6.86. The molecule has 0 fully saturated rings. The van der Waals surface area contributed by atoms with E-state index in [-0.39, 0.29) is 62.1 Å². The molecule has 0 radical (unpaired) electrons. The van der Waals surface area contributed by atoms with Crippen molar-refractivity contribution in [1.29, 1.82) is 0 Å². The number of nitrogens with zero attached hydrogens (tertiary/aromatic N) is 4. The van der Waals surface area contributed by atoms with Crippen molar-refractivity contribution in [2.75, 3.05) is 26.2 Å². The quantitative estimate of drug-likeness (QED) is 0.293. The van der Waals surface area contributed by atoms with Crippen molar-refractivity contribution in [2.24, 2.45) is 11.7 Å². The van der Waals surface area contributed by atoms with Gasteiger partial charge in [0.25, 0.3) is 11.8 Å². The zero-order valence-corrected chi connectivity index (χ0v) is 27.6. The number of aryl methyl sites for hydroxylation is 1. The Labute approximate surface area is 279 Å². The molecule has 256 valence electrons. The van der Waals surface area contributed by atoms with Crippen LogP contribution in [0.25, 0.3) is 0 Å². The lowest BCUT2D eigenvalue weighted by atomic mass is 10.0. The summed E-state index contributed by atoms with van der Waals surface area (Å²) >= 11 is 0. The number of nitrogens with two attached hydrogens (primary N) is 1. The summed E-state index contributed by atoms with van der Waals surface area (Å²) in [4.78, 5) is 71.0. The maximum atomic E-state index is 13.8. The van der Waals surface area contributed by atoms with Gasteiger partial charge in [0.2, 0.25) is 17.7 Å². The van der Waals surface area contributed by atoms with Gasteiger partial charge in [-0.2, -0.15) is 5.10 Å². The molecule has 0 unspecified atom stereocenters. The third-order valence-corrected chi connectivity index (χ3v) is 7.78. The van der Waals surface area contributed by atoms with Crippen LogP contribution in [-0.2, 0) is 32.1 Å². The van der Waals surface area contributed by atoms with Crippen molar-refractivity contribution in [3.63, 3.8) is 0 Å². The van der Waals surface area contributed by atoms with E-state index in [0.717, 1.165) is 5.56 Å². The van der Waals surface area contributed by atoms with Crippen LogP contribution in [0.3, 0.4) is 0 Å². The number of aromatic nitrogens is 3. The largest absolute Gasteiger partial charge is 0.484 e. The number of fused-ring (bicyclic) bond motifs is 1. The highest BCUT2D eigenvalue weighted by molar-refractivity contribution is 5.94. The minimum Gasteiger partial charge on any atom is -0.484 e. The SMILES string of the molecule is Cc1nc2n(n1)CC(=O)NCCCN(C(=O)c1cccc(OCC(N)=O)c1)CCCC(=O)N[C@H](Cc1ccccc1)C(=O)N[C@H]2C(C)C. The van der Waals surface area contributed by atoms with Crippen molar-refractivity contribution in [2.45, 2.75) is 65.1 Å². The molecular weight excluding hydrogens is 616 g/mol. The number of nitrogens with one attached hydrogen (secondary N) is 3. The molecule has 0 spiro atoms. The van der Waals surface area contributed by atoms with E-state index >= 15 is 0 Å². The van der Waals surface area contributed by atoms with Gasteiger partial charge in [-0.3, -0.25) is 24.0 Å². The number of hydrogen-bond donors (Lipinski definition) is 4. The topological polar surface area (TPSA) is 191 Å². The molecule has 0 saturated heterocycles. The lowest BCUT2D eigenvalue weighted by Crippen LogP contribution is -2.50. The lowest BCUT2D eigenvalue weighted by molar-refractivity contribution is -0.129. The highest BCUT2D eigenvalue weighted by Gasteiger charge is 2.30. The van der Waals surface area contributed by atoms with Crippen LogP contribution < -0.4 is 26.4 Å². The van der Waals surface area contributed by atoms with E-state index in [9.17, 15) is 24.0 Å². The van der Waals surface area contributed by atoms with Crippen LogP contribution in [0.15, 0.2) is 54.6 Å². The third kappa shape index (κ3) is 10.4. The summed E-state index contributed by atoms with van der Waals surface area (Å²) in [6.45, 7) is 6.00. The second kappa shape index (κ2) is 17.0. The fraction of sp³-hybridized carbons (Fsp3) is 0.441. The molecule has 48 heavy (non-hydrogen) atoms. The summed E-state index contributed by atoms with van der Waals surface area (Å²) in [5, 5.41) is 13.3. The van der Waals surface area contributed by atoms with Crippen molar-refractivity contribution in [1.82, 2.24) is 35.6 Å². The normalized spacial score (nSPS) is 18.5. The predicted octanol–water partition coefficient (Wildman–Crippen LogP) is 1.43. The van der Waals surface area contributed by atoms with Gasteiger partial charge in [0.15, 0.2) is 12.4 Å². The van der Waals surface area contributed by atoms with Crippen molar-refractivity contribution in [3.8, 4) is 5.75 Å². The molecule has 4 rings (SSSR count). The maximum Gasteiger partial charge on any atom is 0.255 e. The summed E-state index contributed by atoms with van der Waals surface area (Å²) in [7, 11) is 0. The number of rotatable bonds is 7. The van der Waals surface area contributed by atoms with Crippen LogP contribution in [0.5, 0.6) is 5.75 Å². The molecule has 2 aromatic carbocycles. The van der Waals surface area contributed by atoms with E-state index in [0.29, 0.717) is 48.9 Å². The van der Waals surface area contributed by atoms with E-state index in [1.54, 1.807) is 30.0 Å². The van der Waals surface area contributed by atoms with E-state index < -0.39 is 18.0 Å². The van der Waals surface area contributed by atoms with E-state index in [4.69, 9.17) is 10.5 Å². The van der Waals surface area contributed by atoms with Gasteiger partial charge >= 0.3 is 0 Å². The number of carbonyl (C=O) groups is 5. The molecule has 1 aliphatic rings. The second-order valence-corrected chi connectivity index (χ2v) is 12.1. The number of ether oxygens (including phenoxy) is 1. The third-order valence-electron chi connectivity index (χ3n) is 7.78. The molecule has 1 aliphatic heterocycles. The molecule has 3 aromatic rings. The lowest BCUT2D eigenvalue weighted by Gasteiger charge is -2.26. The van der Waals surface area contributed by atoms with E-state index in [2.05, 4.69) is 26.0 Å². The maximum absolute atomic E-state index is 13.8. The molecule has 5 N–H and O–H groups in total. The first-order valence-electron chi connectivity index (χ1n) is 16.1. The number of carbonyl (C=O) groups excluding carboxylic acids is 5. The van der Waals surface area contributed by atoms with Gasteiger partial charge in [0.1, 0.15) is 24.2 Å². The Morgan fingerprint density at radius 1 is 1.00 bits per heavy atom. The second-order valence-electron chi connectivity index (χ2n) is 12.1. The monoisotopic (exact) mass is 660 g/mol. The van der Waals surface area contributed by atoms with E-state index in [1.807, 2.05) is 44.2 Å². The zero-order valence-electron chi connectivity index (χ0n) is 27.6. The number of amides is 5. The van der Waals surface area contributed by atoms with Crippen LogP contribution in [-0.4, -0.2) is 81.5 Å². The van der Waals surface area contributed by atoms with Gasteiger partial charge in [-0.15, -0.1) is 0 Å². The van der Waals surface area contributed by atoms with Gasteiger partial charge in [-0.1, -0.05) is 50.2 Å². The number of hydrogen-bond acceptors (Lipinski definition) is 8. The van der Waals surface area contributed by atoms with Crippen LogP contribution in [0, 0.1) is 12.8 Å². The molecule has 14 heteroatoms. The van der Waals surface area contributed by atoms with Gasteiger partial charge in [-0.25, -0.2) is 9.67 Å². The fourth-order valence-corrected chi connectivity index (χ4v) is 5.42. The van der Waals surface area contributed by atoms with Crippen molar-refractivity contribution in [3.05, 3.63) is 77.4 Å². The Balaban J connectivity index is 1.58. The Hall–Kier alpha value is -5.27. The summed E-state index contributed by atoms with van der Waals surface area (Å²) in [6.07, 6.45) is 1.12. The average Bonchev–Trinajstić information content (AvgIpc) is 3.41. The van der Waals surface area contributed by atoms with Crippen molar-refractivity contribution >= 4 is 29.5 Å². The minimum absolute atomic E-state index is 0.0714. The van der Waals surface area contributed by atoms with Crippen LogP contribution in [0.2, 0.25) is 0 Å². The highest BCUT2D eigenvalue weighted by Crippen LogP contribution is 2.21. The van der Waals surface area contributed by atoms with Gasteiger partial charge < -0.3 is 31.3 Å². The predicted molar refractivity (Wildman–Crippen MR) is 176 cm³/mol. The number of benzene rings is 2. The molecule has 0 saturated carbocycles. The van der Waals surface area contributed by atoms with Gasteiger partial charge in [-0.05, 0) is 49.4 Å². The Kier molecular flexibility index (Phi) is 12.6. The van der Waals surface area contributed by atoms with Gasteiger partial charge in [0.05, 0.1) is 6.04 Å². The smallest absolute Gasteiger partial charge is 0.255 e. The molecule has 0 bridgehead atoms. The molecule has 5 amide bonds. The minimum atomic E-state index is -0.887. The molecule has 0 aliphatic carbocycles. The van der Waals surface area contributed by atoms with Crippen LogP contribution in [0.4, 0.5) is 0 Å². The average molecular weight is 661 g/mol. The van der Waals surface area contributed by atoms with Crippen LogP contribution >= 0.6 is 0 Å². The molecule has 1 aromatic heterocycles. The molecule has 2 atom stereocenters. The van der Waals surface area contributed by atoms with Gasteiger partial charge in [0, 0.05) is 38.0 Å². The van der Waals surface area contributed by atoms with Crippen LogP contribution in [0.1, 0.15) is 66.7 Å². The standard InChI is InChI=1S/C34H44N8O6/c1-22(2)31-32-37-23(3)40-42(32)20-30(45)36-15-9-17-41(34(47)25-12-7-13-26(19-25)48-21-28(35)43)16-8-14-29(44)38-27(33(46)39-31)18-24-10-5-4-6-11-24/h4-7,10-13,19,22,27,31H,8-9,14-18,20-21H2,1-3H3,(H2,35,43)(H,36,45)(H,38,44)(H,39,46)/t27-,31+/m1/s1. The summed E-state index contributed by atoms with van der Waals surface area (Å²) in [5.41, 5.74) is 6.39. The fourth-order valence-electron chi connectivity index (χ4n) is 5.42. The first-order chi connectivity index (χ1) is 23.0. The van der Waals surface area contributed by atoms with E-state index in [1.165, 1.54) is 10.7 Å².